The number of rotatable bonds is 7. The number of amides is 1. The van der Waals surface area contributed by atoms with E-state index in [2.05, 4.69) is 5.32 Å². The first-order valence-electron chi connectivity index (χ1n) is 8.81. The van der Waals surface area contributed by atoms with Gasteiger partial charge in [-0.3, -0.25) is 14.2 Å². The zero-order valence-corrected chi connectivity index (χ0v) is 16.6. The number of halogens is 1. The Labute approximate surface area is 171 Å². The Balaban J connectivity index is 1.59. The molecule has 9 heteroatoms. The van der Waals surface area contributed by atoms with Crippen LogP contribution in [0.25, 0.3) is 11.1 Å². The summed E-state index contributed by atoms with van der Waals surface area (Å²) in [6, 6.07) is 11.7. The van der Waals surface area contributed by atoms with Crippen LogP contribution in [0, 0.1) is 0 Å². The highest BCUT2D eigenvalue weighted by Gasteiger charge is 2.20. The Morgan fingerprint density at radius 1 is 1.24 bits per heavy atom. The first kappa shape index (κ1) is 20.5. The number of esters is 1. The normalized spacial score (nSPS) is 11.8. The highest BCUT2D eigenvalue weighted by molar-refractivity contribution is 6.31. The number of hydrogen-bond acceptors (Lipinski definition) is 6. The molecule has 1 heterocycles. The van der Waals surface area contributed by atoms with E-state index in [1.807, 2.05) is 0 Å². The molecule has 0 spiro atoms. The van der Waals surface area contributed by atoms with Gasteiger partial charge in [0.25, 0.3) is 5.91 Å². The first-order valence-corrected chi connectivity index (χ1v) is 9.19. The average Bonchev–Trinajstić information content (AvgIpc) is 3.01. The number of benzene rings is 2. The van der Waals surface area contributed by atoms with E-state index in [-0.39, 0.29) is 13.0 Å². The van der Waals surface area contributed by atoms with Gasteiger partial charge in [-0.15, -0.1) is 0 Å². The maximum absolute atomic E-state index is 12.3. The number of nitrogens with zero attached hydrogens (tertiary/aromatic N) is 1. The van der Waals surface area contributed by atoms with Crippen LogP contribution < -0.4 is 15.8 Å². The van der Waals surface area contributed by atoms with Crippen LogP contribution in [0.1, 0.15) is 13.3 Å². The van der Waals surface area contributed by atoms with Crippen LogP contribution in [-0.4, -0.2) is 29.7 Å². The van der Waals surface area contributed by atoms with Crippen molar-refractivity contribution in [2.45, 2.75) is 26.0 Å². The molecule has 2 aromatic carbocycles. The Morgan fingerprint density at radius 3 is 2.76 bits per heavy atom. The van der Waals surface area contributed by atoms with Crippen molar-refractivity contribution in [3.63, 3.8) is 0 Å². The minimum absolute atomic E-state index is 0.0745. The number of aromatic nitrogens is 1. The van der Waals surface area contributed by atoms with Crippen LogP contribution in [0.15, 0.2) is 51.7 Å². The zero-order chi connectivity index (χ0) is 21.0. The molecule has 0 radical (unpaired) electrons. The van der Waals surface area contributed by atoms with E-state index >= 15 is 0 Å². The van der Waals surface area contributed by atoms with Gasteiger partial charge in [0.15, 0.2) is 11.7 Å². The van der Waals surface area contributed by atoms with Gasteiger partial charge in [0.05, 0.1) is 24.7 Å². The van der Waals surface area contributed by atoms with Crippen molar-refractivity contribution in [3.05, 3.63) is 58.0 Å². The van der Waals surface area contributed by atoms with Gasteiger partial charge >= 0.3 is 11.7 Å². The van der Waals surface area contributed by atoms with E-state index in [0.29, 0.717) is 27.6 Å². The molecule has 3 rings (SSSR count). The van der Waals surface area contributed by atoms with Gasteiger partial charge in [0.2, 0.25) is 0 Å². The molecule has 0 saturated carbocycles. The van der Waals surface area contributed by atoms with Crippen LogP contribution >= 0.6 is 11.6 Å². The number of carbonyl (C=O) groups excluding carboxylic acids is 2. The van der Waals surface area contributed by atoms with E-state index in [9.17, 15) is 14.4 Å². The molecule has 1 amide bonds. The molecule has 8 nitrogen and oxygen atoms in total. The van der Waals surface area contributed by atoms with E-state index in [1.165, 1.54) is 24.7 Å². The molecule has 0 aliphatic heterocycles. The van der Waals surface area contributed by atoms with Gasteiger partial charge in [0, 0.05) is 11.6 Å². The fourth-order valence-corrected chi connectivity index (χ4v) is 2.92. The molecule has 0 unspecified atom stereocenters. The Kier molecular flexibility index (Phi) is 6.23. The van der Waals surface area contributed by atoms with E-state index < -0.39 is 23.7 Å². The Morgan fingerprint density at radius 2 is 2.00 bits per heavy atom. The number of aryl methyl sites for hydroxylation is 1. The van der Waals surface area contributed by atoms with Crippen molar-refractivity contribution in [1.29, 1.82) is 0 Å². The van der Waals surface area contributed by atoms with Gasteiger partial charge in [-0.1, -0.05) is 23.7 Å². The van der Waals surface area contributed by atoms with Gasteiger partial charge in [-0.05, 0) is 37.3 Å². The monoisotopic (exact) mass is 418 g/mol. The van der Waals surface area contributed by atoms with Crippen LogP contribution in [0.4, 0.5) is 5.69 Å². The molecule has 3 aromatic rings. The number of para-hydroxylation sites is 2. The molecule has 152 valence electrons. The van der Waals surface area contributed by atoms with Gasteiger partial charge in [-0.25, -0.2) is 4.79 Å². The summed E-state index contributed by atoms with van der Waals surface area (Å²) < 4.78 is 16.8. The number of nitrogens with one attached hydrogen (secondary N) is 1. The average molecular weight is 419 g/mol. The summed E-state index contributed by atoms with van der Waals surface area (Å²) in [5.74, 6) is -1.29. The highest BCUT2D eigenvalue weighted by atomic mass is 35.5. The fourth-order valence-electron chi connectivity index (χ4n) is 2.75. The van der Waals surface area contributed by atoms with Crippen molar-refractivity contribution in [2.24, 2.45) is 0 Å². The summed E-state index contributed by atoms with van der Waals surface area (Å²) in [7, 11) is 1.46. The molecule has 29 heavy (non-hydrogen) atoms. The number of anilines is 1. The number of fused-ring (bicyclic) bond motifs is 1. The summed E-state index contributed by atoms with van der Waals surface area (Å²) in [4.78, 5) is 36.4. The third-order valence-electron chi connectivity index (χ3n) is 4.21. The quantitative estimate of drug-likeness (QED) is 0.591. The lowest BCUT2D eigenvalue weighted by molar-refractivity contribution is -0.153. The summed E-state index contributed by atoms with van der Waals surface area (Å²) in [5.41, 5.74) is 1.39. The smallest absolute Gasteiger partial charge is 0.419 e. The molecule has 0 saturated heterocycles. The first-order chi connectivity index (χ1) is 13.9. The lowest BCUT2D eigenvalue weighted by Crippen LogP contribution is -2.30. The second kappa shape index (κ2) is 8.83. The third-order valence-corrected chi connectivity index (χ3v) is 4.45. The maximum atomic E-state index is 12.3. The predicted molar refractivity (Wildman–Crippen MR) is 107 cm³/mol. The van der Waals surface area contributed by atoms with E-state index in [0.717, 1.165) is 0 Å². The van der Waals surface area contributed by atoms with Crippen molar-refractivity contribution >= 4 is 40.3 Å². The van der Waals surface area contributed by atoms with Crippen LogP contribution in [0.3, 0.4) is 0 Å². The molecule has 1 atom stereocenters. The molecule has 0 aliphatic carbocycles. The standard InChI is InChI=1S/C20H19ClN2O6/c1-12(19(25)22-14-11-13(21)7-8-16(14)27-2)28-18(24)9-10-23-15-5-3-4-6-17(15)29-20(23)26/h3-8,11-12H,9-10H2,1-2H3,(H,22,25)/t12-/m0/s1. The predicted octanol–water partition coefficient (Wildman–Crippen LogP) is 3.22. The zero-order valence-electron chi connectivity index (χ0n) is 15.8. The number of methoxy groups -OCH3 is 1. The van der Waals surface area contributed by atoms with Crippen molar-refractivity contribution in [3.8, 4) is 5.75 Å². The van der Waals surface area contributed by atoms with Crippen LogP contribution in [0.2, 0.25) is 5.02 Å². The largest absolute Gasteiger partial charge is 0.495 e. The number of oxazole rings is 1. The fraction of sp³-hybridized carbons (Fsp3) is 0.250. The number of ether oxygens (including phenoxy) is 2. The van der Waals surface area contributed by atoms with Crippen LogP contribution in [0.5, 0.6) is 5.75 Å². The third kappa shape index (κ3) is 4.78. The summed E-state index contributed by atoms with van der Waals surface area (Å²) >= 11 is 5.94. The van der Waals surface area contributed by atoms with Crippen molar-refractivity contribution < 1.29 is 23.5 Å². The minimum atomic E-state index is -1.05. The Hall–Kier alpha value is -3.26. The Bertz CT molecular complexity index is 1100. The van der Waals surface area contributed by atoms with Crippen LogP contribution in [-0.2, 0) is 20.9 Å². The lowest BCUT2D eigenvalue weighted by atomic mass is 10.2. The van der Waals surface area contributed by atoms with E-state index in [1.54, 1.807) is 36.4 Å². The summed E-state index contributed by atoms with van der Waals surface area (Å²) in [6.07, 6.45) is -1.15. The maximum Gasteiger partial charge on any atom is 0.419 e. The summed E-state index contributed by atoms with van der Waals surface area (Å²) in [6.45, 7) is 1.52. The van der Waals surface area contributed by atoms with E-state index in [4.69, 9.17) is 25.5 Å². The minimum Gasteiger partial charge on any atom is -0.495 e. The number of hydrogen-bond donors (Lipinski definition) is 1. The molecule has 0 fully saturated rings. The topological polar surface area (TPSA) is 99.8 Å². The molecule has 0 bridgehead atoms. The molecule has 1 N–H and O–H groups in total. The van der Waals surface area contributed by atoms with Gasteiger partial charge in [-0.2, -0.15) is 0 Å². The lowest BCUT2D eigenvalue weighted by Gasteiger charge is -2.15. The van der Waals surface area contributed by atoms with Gasteiger partial charge < -0.3 is 19.2 Å². The highest BCUT2D eigenvalue weighted by Crippen LogP contribution is 2.27. The summed E-state index contributed by atoms with van der Waals surface area (Å²) in [5, 5.41) is 3.03. The second-order valence-corrected chi connectivity index (χ2v) is 6.64. The van der Waals surface area contributed by atoms with Crippen molar-refractivity contribution in [1.82, 2.24) is 4.57 Å². The molecular weight excluding hydrogens is 400 g/mol. The molecular formula is C20H19ClN2O6. The molecule has 1 aromatic heterocycles. The van der Waals surface area contributed by atoms with Crippen molar-refractivity contribution in [2.75, 3.05) is 12.4 Å². The SMILES string of the molecule is COc1ccc(Cl)cc1NC(=O)[C@H](C)OC(=O)CCn1c(=O)oc2ccccc21. The molecule has 0 aliphatic rings. The second-order valence-electron chi connectivity index (χ2n) is 6.20. The van der Waals surface area contributed by atoms with Gasteiger partial charge in [0.1, 0.15) is 5.75 Å². The number of carbonyl (C=O) groups is 2.